The number of hydrogen-bond acceptors (Lipinski definition) is 5. The van der Waals surface area contributed by atoms with Gasteiger partial charge >= 0.3 is 6.61 Å². The van der Waals surface area contributed by atoms with Crippen LogP contribution in [0.4, 0.5) is 8.78 Å². The Hall–Kier alpha value is -2.26. The van der Waals surface area contributed by atoms with Crippen LogP contribution in [0.25, 0.3) is 0 Å². The number of aliphatic hydroxyl groups is 1. The molecule has 3 N–H and O–H groups in total. The summed E-state index contributed by atoms with van der Waals surface area (Å²) < 4.78 is 29.1. The van der Waals surface area contributed by atoms with E-state index in [0.717, 1.165) is 25.1 Å². The van der Waals surface area contributed by atoms with Crippen LogP contribution in [-0.4, -0.2) is 59.3 Å². The van der Waals surface area contributed by atoms with Crippen molar-refractivity contribution in [3.8, 4) is 5.75 Å². The monoisotopic (exact) mass is 400 g/mol. The van der Waals surface area contributed by atoms with E-state index >= 15 is 0 Å². The van der Waals surface area contributed by atoms with Crippen LogP contribution in [0.1, 0.15) is 25.3 Å². The molecule has 3 rings (SSSR count). The molecule has 0 bridgehead atoms. The van der Waals surface area contributed by atoms with Crippen molar-refractivity contribution in [2.45, 2.75) is 45.1 Å². The molecule has 1 aromatic rings. The third kappa shape index (κ3) is 6.42. The smallest absolute Gasteiger partial charge is 0.387 e. The lowest BCUT2D eigenvalue weighted by molar-refractivity contribution is -0.123. The number of carbonyl (C=O) groups is 2. The zero-order valence-corrected chi connectivity index (χ0v) is 15.6. The van der Waals surface area contributed by atoms with E-state index in [1.807, 2.05) is 6.07 Å². The Morgan fingerprint density at radius 2 is 2.00 bits per heavy atom. The number of nitrogens with one attached hydrogen (secondary N) is 1. The topological polar surface area (TPSA) is 99.1 Å². The Kier molecular flexibility index (Phi) is 8.13. The highest BCUT2D eigenvalue weighted by atomic mass is 19.3. The number of likely N-dealkylation sites (tertiary alicyclic amines) is 1. The van der Waals surface area contributed by atoms with Gasteiger partial charge in [0.1, 0.15) is 5.75 Å². The van der Waals surface area contributed by atoms with E-state index in [4.69, 9.17) is 9.90 Å². The number of aliphatic hydroxyl groups excluding tert-OH is 1. The summed E-state index contributed by atoms with van der Waals surface area (Å²) in [5.41, 5.74) is 0.927. The second-order valence-electron chi connectivity index (χ2n) is 7.19. The fourth-order valence-corrected chi connectivity index (χ4v) is 4.15. The molecule has 0 aromatic heterocycles. The first-order valence-electron chi connectivity index (χ1n) is 9.11. The molecule has 2 aliphatic rings. The second kappa shape index (κ2) is 10.3. The summed E-state index contributed by atoms with van der Waals surface area (Å²) in [4.78, 5) is 21.9. The predicted molar refractivity (Wildman–Crippen MR) is 96.9 cm³/mol. The molecule has 9 heteroatoms. The van der Waals surface area contributed by atoms with Crippen molar-refractivity contribution in [2.75, 3.05) is 13.1 Å². The average Bonchev–Trinajstić information content (AvgIpc) is 2.96. The van der Waals surface area contributed by atoms with Crippen LogP contribution < -0.4 is 10.1 Å². The summed E-state index contributed by atoms with van der Waals surface area (Å²) in [5.74, 6) is 0.889. The van der Waals surface area contributed by atoms with Gasteiger partial charge in [0.05, 0.1) is 12.1 Å². The van der Waals surface area contributed by atoms with Crippen LogP contribution in [-0.2, 0) is 16.1 Å². The van der Waals surface area contributed by atoms with Gasteiger partial charge < -0.3 is 20.3 Å². The van der Waals surface area contributed by atoms with Crippen LogP contribution in [0.2, 0.25) is 0 Å². The number of amides is 1. The Bertz CT molecular complexity index is 661. The lowest BCUT2D eigenvalue weighted by Gasteiger charge is -2.35. The zero-order valence-electron chi connectivity index (χ0n) is 15.6. The van der Waals surface area contributed by atoms with E-state index in [1.54, 1.807) is 12.1 Å². The summed E-state index contributed by atoms with van der Waals surface area (Å²) in [6.07, 6.45) is 0.949. The molecule has 1 aliphatic heterocycles. The molecule has 2 fully saturated rings. The molecule has 156 valence electrons. The van der Waals surface area contributed by atoms with Gasteiger partial charge in [-0.25, -0.2) is 0 Å². The summed E-state index contributed by atoms with van der Waals surface area (Å²) in [5, 5.41) is 20.0. The minimum absolute atomic E-state index is 0.117. The van der Waals surface area contributed by atoms with Crippen molar-refractivity contribution in [3.05, 3.63) is 29.8 Å². The Balaban J connectivity index is 0.000000878. The van der Waals surface area contributed by atoms with Gasteiger partial charge in [-0.3, -0.25) is 14.5 Å². The third-order valence-electron chi connectivity index (χ3n) is 5.14. The van der Waals surface area contributed by atoms with E-state index in [0.29, 0.717) is 24.8 Å². The maximum absolute atomic E-state index is 12.3. The summed E-state index contributed by atoms with van der Waals surface area (Å²) in [7, 11) is 0. The fraction of sp³-hybridized carbons (Fsp3) is 0.579. The molecular formula is C19H26F2N2O5. The number of benzene rings is 1. The zero-order chi connectivity index (χ0) is 20.7. The average molecular weight is 400 g/mol. The number of halogens is 2. The highest BCUT2D eigenvalue weighted by Crippen LogP contribution is 2.37. The Labute approximate surface area is 162 Å². The van der Waals surface area contributed by atoms with Gasteiger partial charge in [-0.15, -0.1) is 0 Å². The first-order valence-corrected chi connectivity index (χ1v) is 9.11. The fourth-order valence-electron chi connectivity index (χ4n) is 4.15. The van der Waals surface area contributed by atoms with E-state index < -0.39 is 12.7 Å². The lowest BCUT2D eigenvalue weighted by atomic mass is 9.77. The van der Waals surface area contributed by atoms with Crippen molar-refractivity contribution < 1.29 is 33.3 Å². The summed E-state index contributed by atoms with van der Waals surface area (Å²) >= 11 is 0. The van der Waals surface area contributed by atoms with Crippen molar-refractivity contribution in [3.63, 3.8) is 0 Å². The van der Waals surface area contributed by atoms with Crippen molar-refractivity contribution >= 4 is 12.4 Å². The van der Waals surface area contributed by atoms with Gasteiger partial charge in [0, 0.05) is 26.6 Å². The number of rotatable bonds is 5. The Morgan fingerprint density at radius 3 is 2.61 bits per heavy atom. The van der Waals surface area contributed by atoms with Crippen LogP contribution in [0, 0.1) is 11.8 Å². The standard InChI is InChI=1S/C18H24F2N2O3.CH2O2/c1-11(23)21-16-6-13-9-22(10-14(13)7-17(16)24)8-12-3-2-4-15(5-12)25-18(19)20;2-1-3/h2-5,13-14,16-18,24H,6-10H2,1H3,(H,21,23);1H,(H,2,3)/t13-,14+,16-,17-;/m1./s1. The van der Waals surface area contributed by atoms with Crippen molar-refractivity contribution in [1.82, 2.24) is 10.2 Å². The van der Waals surface area contributed by atoms with Crippen molar-refractivity contribution in [2.24, 2.45) is 11.8 Å². The highest BCUT2D eigenvalue weighted by Gasteiger charge is 2.41. The minimum Gasteiger partial charge on any atom is -0.483 e. The minimum atomic E-state index is -2.82. The molecule has 4 atom stereocenters. The van der Waals surface area contributed by atoms with Gasteiger partial charge in [-0.2, -0.15) is 8.78 Å². The summed E-state index contributed by atoms with van der Waals surface area (Å²) in [6, 6.07) is 6.60. The molecular weight excluding hydrogens is 374 g/mol. The first kappa shape index (κ1) is 22.0. The number of alkyl halides is 2. The largest absolute Gasteiger partial charge is 0.483 e. The van der Waals surface area contributed by atoms with Crippen LogP contribution in [0.15, 0.2) is 24.3 Å². The molecule has 1 amide bonds. The van der Waals surface area contributed by atoms with Gasteiger partial charge in [-0.05, 0) is 42.4 Å². The van der Waals surface area contributed by atoms with E-state index in [2.05, 4.69) is 15.0 Å². The molecule has 0 radical (unpaired) electrons. The van der Waals surface area contributed by atoms with Crippen LogP contribution >= 0.6 is 0 Å². The molecule has 1 aliphatic carbocycles. The maximum Gasteiger partial charge on any atom is 0.387 e. The second-order valence-corrected chi connectivity index (χ2v) is 7.19. The molecule has 1 heterocycles. The van der Waals surface area contributed by atoms with E-state index in [9.17, 15) is 18.7 Å². The molecule has 0 spiro atoms. The van der Waals surface area contributed by atoms with Crippen LogP contribution in [0.5, 0.6) is 5.75 Å². The lowest BCUT2D eigenvalue weighted by Crippen LogP contribution is -2.48. The Morgan fingerprint density at radius 1 is 1.36 bits per heavy atom. The number of carbonyl (C=O) groups excluding carboxylic acids is 1. The molecule has 1 saturated carbocycles. The van der Waals surface area contributed by atoms with Crippen LogP contribution in [0.3, 0.4) is 0 Å². The first-order chi connectivity index (χ1) is 13.3. The third-order valence-corrected chi connectivity index (χ3v) is 5.14. The molecule has 1 aromatic carbocycles. The number of nitrogens with zero attached hydrogens (tertiary/aromatic N) is 1. The normalized spacial score (nSPS) is 26.8. The number of carboxylic acid groups (broad SMARTS) is 1. The SMILES string of the molecule is CC(=O)N[C@@H]1C[C@@H]2CN(Cc3cccc(OC(F)F)c3)C[C@@H]2C[C@H]1O.O=CO. The van der Waals surface area contributed by atoms with Gasteiger partial charge in [0.15, 0.2) is 0 Å². The number of ether oxygens (including phenoxy) is 1. The van der Waals surface area contributed by atoms with E-state index in [-0.39, 0.29) is 24.2 Å². The molecule has 7 nitrogen and oxygen atoms in total. The quantitative estimate of drug-likeness (QED) is 0.651. The van der Waals surface area contributed by atoms with Gasteiger partial charge in [0.2, 0.25) is 5.91 Å². The molecule has 0 unspecified atom stereocenters. The summed E-state index contributed by atoms with van der Waals surface area (Å²) in [6.45, 7) is 0.807. The molecule has 28 heavy (non-hydrogen) atoms. The highest BCUT2D eigenvalue weighted by molar-refractivity contribution is 5.73. The maximum atomic E-state index is 12.3. The molecule has 1 saturated heterocycles. The number of hydrogen-bond donors (Lipinski definition) is 3. The van der Waals surface area contributed by atoms with Gasteiger partial charge in [0.25, 0.3) is 6.47 Å². The van der Waals surface area contributed by atoms with E-state index in [1.165, 1.54) is 13.0 Å². The van der Waals surface area contributed by atoms with Crippen molar-refractivity contribution in [1.29, 1.82) is 0 Å². The predicted octanol–water partition coefficient (Wildman–Crippen LogP) is 1.70. The number of fused-ring (bicyclic) bond motifs is 1. The van der Waals surface area contributed by atoms with Gasteiger partial charge in [-0.1, -0.05) is 12.1 Å².